The molecule has 216 valence electrons. The second kappa shape index (κ2) is 12.0. The van der Waals surface area contributed by atoms with Crippen LogP contribution in [0.25, 0.3) is 11.3 Å². The number of fused-ring (bicyclic) bond motifs is 1. The fourth-order valence-electron chi connectivity index (χ4n) is 5.06. The van der Waals surface area contributed by atoms with Crippen LogP contribution in [0.3, 0.4) is 0 Å². The van der Waals surface area contributed by atoms with Gasteiger partial charge in [-0.2, -0.15) is 5.26 Å². The number of nitriles is 1. The Bertz CT molecular complexity index is 1620. The molecule has 0 saturated carbocycles. The Balaban J connectivity index is 1.39. The summed E-state index contributed by atoms with van der Waals surface area (Å²) in [7, 11) is 1.51. The average Bonchev–Trinajstić information content (AvgIpc) is 3.49. The van der Waals surface area contributed by atoms with Gasteiger partial charge in [0.2, 0.25) is 0 Å². The van der Waals surface area contributed by atoms with Gasteiger partial charge < -0.3 is 18.9 Å². The molecule has 6 rings (SSSR count). The standard InChI is InChI=1S/C29H22ClF3N4O4S/c1-38-27-25(37-13-21(35-36-37)17-9-19(31)24(33)20(32)10-17)26-22(14-39-28(41-26)15-5-3-2-4-6-15)40-29(27)42-23-11-18(30)8-7-16(23)12-34/h2-11,13,22,25-29H,14H2,1H3/t22?,25?,26-,27-,28?,29+/m0/s1. The van der Waals surface area contributed by atoms with E-state index >= 15 is 0 Å². The van der Waals surface area contributed by atoms with E-state index in [2.05, 4.69) is 16.4 Å². The van der Waals surface area contributed by atoms with Gasteiger partial charge >= 0.3 is 0 Å². The molecule has 13 heteroatoms. The molecule has 42 heavy (non-hydrogen) atoms. The first-order chi connectivity index (χ1) is 20.4. The highest BCUT2D eigenvalue weighted by atomic mass is 35.5. The Hall–Kier alpha value is -3.44. The number of rotatable bonds is 6. The molecular weight excluding hydrogens is 593 g/mol. The molecule has 8 nitrogen and oxygen atoms in total. The van der Waals surface area contributed by atoms with Crippen LogP contribution in [-0.2, 0) is 18.9 Å². The van der Waals surface area contributed by atoms with Crippen molar-refractivity contribution in [1.82, 2.24) is 15.0 Å². The highest BCUT2D eigenvalue weighted by Gasteiger charge is 2.52. The van der Waals surface area contributed by atoms with Crippen molar-refractivity contribution in [2.45, 2.75) is 41.0 Å². The first-order valence-electron chi connectivity index (χ1n) is 12.8. The fraction of sp³-hybridized carbons (Fsp3) is 0.276. The van der Waals surface area contributed by atoms with Gasteiger partial charge in [0.1, 0.15) is 41.6 Å². The minimum Gasteiger partial charge on any atom is -0.375 e. The van der Waals surface area contributed by atoms with E-state index in [0.29, 0.717) is 15.5 Å². The zero-order valence-corrected chi connectivity index (χ0v) is 23.4. The summed E-state index contributed by atoms with van der Waals surface area (Å²) in [6.07, 6.45) is -1.17. The molecule has 0 bridgehead atoms. The number of hydrogen-bond acceptors (Lipinski definition) is 8. The van der Waals surface area contributed by atoms with Gasteiger partial charge in [-0.05, 0) is 30.3 Å². The number of ether oxygens (including phenoxy) is 4. The van der Waals surface area contributed by atoms with E-state index in [0.717, 1.165) is 17.7 Å². The summed E-state index contributed by atoms with van der Waals surface area (Å²) in [6.45, 7) is 0.171. The van der Waals surface area contributed by atoms with Crippen LogP contribution in [-0.4, -0.2) is 52.5 Å². The van der Waals surface area contributed by atoms with Crippen LogP contribution >= 0.6 is 23.4 Å². The van der Waals surface area contributed by atoms with Crippen molar-refractivity contribution in [3.05, 3.63) is 100 Å². The van der Waals surface area contributed by atoms with E-state index in [1.54, 1.807) is 18.2 Å². The highest BCUT2D eigenvalue weighted by Crippen LogP contribution is 2.45. The lowest BCUT2D eigenvalue weighted by atomic mass is 9.95. The van der Waals surface area contributed by atoms with Gasteiger partial charge in [-0.25, -0.2) is 17.9 Å². The van der Waals surface area contributed by atoms with Gasteiger partial charge in [0.25, 0.3) is 0 Å². The summed E-state index contributed by atoms with van der Waals surface area (Å²) in [6, 6.07) is 17.5. The maximum Gasteiger partial charge on any atom is 0.194 e. The predicted molar refractivity (Wildman–Crippen MR) is 146 cm³/mol. The molecule has 0 amide bonds. The van der Waals surface area contributed by atoms with Crippen molar-refractivity contribution < 1.29 is 32.1 Å². The molecule has 0 N–H and O–H groups in total. The molecule has 3 unspecified atom stereocenters. The third-order valence-corrected chi connectivity index (χ3v) is 8.49. The van der Waals surface area contributed by atoms with E-state index in [1.165, 1.54) is 29.8 Å². The van der Waals surface area contributed by atoms with Crippen LogP contribution in [0.2, 0.25) is 5.02 Å². The van der Waals surface area contributed by atoms with Crippen LogP contribution < -0.4 is 0 Å². The van der Waals surface area contributed by atoms with Crippen molar-refractivity contribution in [2.75, 3.05) is 13.7 Å². The maximum absolute atomic E-state index is 14.0. The summed E-state index contributed by atoms with van der Waals surface area (Å²) in [5.41, 5.74) is 0.650. The Morgan fingerprint density at radius 3 is 2.55 bits per heavy atom. The molecule has 2 aliphatic heterocycles. The van der Waals surface area contributed by atoms with Crippen LogP contribution in [0, 0.1) is 28.8 Å². The molecule has 2 aliphatic rings. The third-order valence-electron chi connectivity index (χ3n) is 7.06. The number of thioether (sulfide) groups is 1. The molecule has 6 atom stereocenters. The van der Waals surface area contributed by atoms with Crippen molar-refractivity contribution in [3.8, 4) is 17.3 Å². The van der Waals surface area contributed by atoms with Gasteiger partial charge in [-0.15, -0.1) is 5.10 Å². The normalized spacial score (nSPS) is 25.5. The third kappa shape index (κ3) is 5.51. The first-order valence-corrected chi connectivity index (χ1v) is 14.1. The van der Waals surface area contributed by atoms with E-state index in [1.807, 2.05) is 30.3 Å². The minimum atomic E-state index is -1.57. The van der Waals surface area contributed by atoms with Crippen molar-refractivity contribution in [2.24, 2.45) is 0 Å². The van der Waals surface area contributed by atoms with Crippen LogP contribution in [0.5, 0.6) is 0 Å². The molecule has 0 spiro atoms. The summed E-state index contributed by atoms with van der Waals surface area (Å²) in [5, 5.41) is 18.5. The Morgan fingerprint density at radius 2 is 1.83 bits per heavy atom. The molecule has 3 aromatic carbocycles. The first kappa shape index (κ1) is 28.7. The number of nitrogens with zero attached hydrogens (tertiary/aromatic N) is 4. The molecule has 2 fully saturated rings. The van der Waals surface area contributed by atoms with Gasteiger partial charge in [-0.3, -0.25) is 0 Å². The summed E-state index contributed by atoms with van der Waals surface area (Å²) >= 11 is 7.49. The van der Waals surface area contributed by atoms with Gasteiger partial charge in [0.05, 0.1) is 18.4 Å². The van der Waals surface area contributed by atoms with Crippen LogP contribution in [0.1, 0.15) is 23.5 Å². The molecule has 1 aromatic heterocycles. The van der Waals surface area contributed by atoms with E-state index in [-0.39, 0.29) is 17.9 Å². The molecular formula is C29H22ClF3N4O4S. The molecule has 3 heterocycles. The number of halogens is 4. The minimum absolute atomic E-state index is 0.00815. The van der Waals surface area contributed by atoms with Crippen LogP contribution in [0.4, 0.5) is 13.2 Å². The number of methoxy groups -OCH3 is 1. The summed E-state index contributed by atoms with van der Waals surface area (Å²) in [5.74, 6) is -4.26. The zero-order chi connectivity index (χ0) is 29.4. The van der Waals surface area contributed by atoms with Gasteiger partial charge in [0.15, 0.2) is 23.7 Å². The van der Waals surface area contributed by atoms with E-state index in [4.69, 9.17) is 30.5 Å². The van der Waals surface area contributed by atoms with Crippen molar-refractivity contribution >= 4 is 23.4 Å². The molecule has 0 radical (unpaired) electrons. The lowest BCUT2D eigenvalue weighted by Gasteiger charge is -2.48. The van der Waals surface area contributed by atoms with Crippen molar-refractivity contribution in [3.63, 3.8) is 0 Å². The summed E-state index contributed by atoms with van der Waals surface area (Å²) < 4.78 is 68.0. The van der Waals surface area contributed by atoms with Gasteiger partial charge in [-0.1, -0.05) is 58.9 Å². The number of aromatic nitrogens is 3. The second-order valence-electron chi connectivity index (χ2n) is 9.62. The smallest absolute Gasteiger partial charge is 0.194 e. The van der Waals surface area contributed by atoms with Crippen LogP contribution in [0.15, 0.2) is 71.8 Å². The Kier molecular flexibility index (Phi) is 8.22. The average molecular weight is 615 g/mol. The van der Waals surface area contributed by atoms with Gasteiger partial charge in [0, 0.05) is 28.2 Å². The quantitative estimate of drug-likeness (QED) is 0.242. The monoisotopic (exact) mass is 614 g/mol. The molecule has 4 aromatic rings. The highest BCUT2D eigenvalue weighted by molar-refractivity contribution is 7.99. The lowest BCUT2D eigenvalue weighted by Crippen LogP contribution is -2.59. The number of benzene rings is 3. The Morgan fingerprint density at radius 1 is 1.07 bits per heavy atom. The SMILES string of the molecule is CO[C@H]1C(n2cc(-c3cc(F)c(F)c(F)c3)nn2)[C@H]2OC(c3ccccc3)OCC2O[C@@H]1Sc1cc(Cl)ccc1C#N. The van der Waals surface area contributed by atoms with E-state index in [9.17, 15) is 18.4 Å². The lowest BCUT2D eigenvalue weighted by molar-refractivity contribution is -0.308. The maximum atomic E-state index is 14.0. The predicted octanol–water partition coefficient (Wildman–Crippen LogP) is 6.07. The fourth-order valence-corrected chi connectivity index (χ4v) is 6.59. The van der Waals surface area contributed by atoms with E-state index < -0.39 is 53.5 Å². The summed E-state index contributed by atoms with van der Waals surface area (Å²) in [4.78, 5) is 0.589. The second-order valence-corrected chi connectivity index (χ2v) is 11.2. The molecule has 2 saturated heterocycles. The Labute approximate surface area is 247 Å². The number of hydrogen-bond donors (Lipinski definition) is 0. The van der Waals surface area contributed by atoms with Crippen molar-refractivity contribution in [1.29, 1.82) is 5.26 Å². The zero-order valence-electron chi connectivity index (χ0n) is 21.9. The topological polar surface area (TPSA) is 91.4 Å². The largest absolute Gasteiger partial charge is 0.375 e. The molecule has 0 aliphatic carbocycles.